The summed E-state index contributed by atoms with van der Waals surface area (Å²) < 4.78 is 5.49. The second-order valence-electron chi connectivity index (χ2n) is 7.32. The van der Waals surface area contributed by atoms with Gasteiger partial charge in [-0.2, -0.15) is 0 Å². The maximum atomic E-state index is 12.7. The van der Waals surface area contributed by atoms with E-state index in [1.54, 1.807) is 29.2 Å². The maximum Gasteiger partial charge on any atom is 0.265 e. The highest BCUT2D eigenvalue weighted by Crippen LogP contribution is 2.33. The molecule has 2 aromatic rings. The molecule has 3 amide bonds. The van der Waals surface area contributed by atoms with Gasteiger partial charge in [-0.25, -0.2) is 0 Å². The van der Waals surface area contributed by atoms with Crippen molar-refractivity contribution >= 4 is 35.0 Å². The van der Waals surface area contributed by atoms with E-state index < -0.39 is 0 Å². The zero-order chi connectivity index (χ0) is 21.1. The number of amides is 3. The van der Waals surface area contributed by atoms with Crippen LogP contribution in [0.4, 0.5) is 5.69 Å². The molecule has 2 aliphatic rings. The summed E-state index contributed by atoms with van der Waals surface area (Å²) in [7, 11) is 0. The number of carbonyl (C=O) groups excluding carboxylic acids is 3. The zero-order valence-corrected chi connectivity index (χ0v) is 17.2. The number of ether oxygens (including phenoxy) is 1. The second-order valence-corrected chi connectivity index (χ2v) is 7.73. The maximum absolute atomic E-state index is 12.7. The molecule has 0 radical (unpaired) electrons. The molecule has 0 bridgehead atoms. The Kier molecular flexibility index (Phi) is 5.90. The Bertz CT molecular complexity index is 988. The summed E-state index contributed by atoms with van der Waals surface area (Å²) in [4.78, 5) is 40.9. The van der Waals surface area contributed by atoms with Gasteiger partial charge >= 0.3 is 0 Å². The van der Waals surface area contributed by atoms with Crippen LogP contribution in [0.3, 0.4) is 0 Å². The quantitative estimate of drug-likeness (QED) is 0.795. The number of carbonyl (C=O) groups is 3. The molecule has 0 aromatic heterocycles. The lowest BCUT2D eigenvalue weighted by molar-refractivity contribution is -0.125. The van der Waals surface area contributed by atoms with Crippen LogP contribution in [0, 0.1) is 0 Å². The van der Waals surface area contributed by atoms with Crippen molar-refractivity contribution in [1.82, 2.24) is 10.2 Å². The van der Waals surface area contributed by atoms with Crippen LogP contribution < -0.4 is 15.0 Å². The summed E-state index contributed by atoms with van der Waals surface area (Å²) in [5, 5.41) is 3.35. The SMILES string of the molecule is O=C(CN1C(=O)COc2ccc(C(=O)N3CCCC3)cc21)NCc1ccccc1Cl. The van der Waals surface area contributed by atoms with Crippen LogP contribution in [0.25, 0.3) is 0 Å². The van der Waals surface area contributed by atoms with E-state index in [2.05, 4.69) is 5.32 Å². The van der Waals surface area contributed by atoms with Crippen LogP contribution in [0.1, 0.15) is 28.8 Å². The number of likely N-dealkylation sites (tertiary alicyclic amines) is 1. The molecule has 8 heteroatoms. The molecule has 0 atom stereocenters. The number of nitrogens with zero attached hydrogens (tertiary/aromatic N) is 2. The fourth-order valence-corrected chi connectivity index (χ4v) is 3.85. The first-order valence-electron chi connectivity index (χ1n) is 9.89. The van der Waals surface area contributed by atoms with Crippen molar-refractivity contribution in [3.05, 3.63) is 58.6 Å². The van der Waals surface area contributed by atoms with Gasteiger partial charge in [0.2, 0.25) is 5.91 Å². The predicted octanol–water partition coefficient (Wildman–Crippen LogP) is 2.62. The molecule has 30 heavy (non-hydrogen) atoms. The fraction of sp³-hybridized carbons (Fsp3) is 0.318. The van der Waals surface area contributed by atoms with Gasteiger partial charge in [0.15, 0.2) is 6.61 Å². The van der Waals surface area contributed by atoms with Crippen molar-refractivity contribution < 1.29 is 19.1 Å². The molecule has 156 valence electrons. The van der Waals surface area contributed by atoms with E-state index in [9.17, 15) is 14.4 Å². The Labute approximate surface area is 179 Å². The number of benzene rings is 2. The molecule has 1 fully saturated rings. The summed E-state index contributed by atoms with van der Waals surface area (Å²) in [6, 6.07) is 12.3. The molecule has 4 rings (SSSR count). The standard InChI is InChI=1S/C22H22ClN3O4/c23-17-6-2-1-5-16(17)12-24-20(27)13-26-18-11-15(22(29)25-9-3-4-10-25)7-8-19(18)30-14-21(26)28/h1-2,5-8,11H,3-4,9-10,12-14H2,(H,24,27). The van der Waals surface area contributed by atoms with Crippen molar-refractivity contribution in [2.45, 2.75) is 19.4 Å². The highest BCUT2D eigenvalue weighted by Gasteiger charge is 2.29. The third-order valence-electron chi connectivity index (χ3n) is 5.28. The van der Waals surface area contributed by atoms with Gasteiger partial charge in [0.1, 0.15) is 12.3 Å². The second kappa shape index (κ2) is 8.75. The van der Waals surface area contributed by atoms with Crippen LogP contribution in [0.5, 0.6) is 5.75 Å². The van der Waals surface area contributed by atoms with Gasteiger partial charge in [0.05, 0.1) is 5.69 Å². The van der Waals surface area contributed by atoms with Crippen LogP contribution in [-0.4, -0.2) is 48.9 Å². The first-order valence-corrected chi connectivity index (χ1v) is 10.3. The monoisotopic (exact) mass is 427 g/mol. The lowest BCUT2D eigenvalue weighted by atomic mass is 10.1. The van der Waals surface area contributed by atoms with Gasteiger partial charge in [0, 0.05) is 30.2 Å². The molecule has 0 aliphatic carbocycles. The third-order valence-corrected chi connectivity index (χ3v) is 5.65. The minimum absolute atomic E-state index is 0.0727. The van der Waals surface area contributed by atoms with Crippen molar-refractivity contribution in [2.24, 2.45) is 0 Å². The highest BCUT2D eigenvalue weighted by molar-refractivity contribution is 6.31. The molecule has 2 aliphatic heterocycles. The number of rotatable bonds is 5. The normalized spacial score (nSPS) is 15.6. The van der Waals surface area contributed by atoms with E-state index in [-0.39, 0.29) is 37.4 Å². The summed E-state index contributed by atoms with van der Waals surface area (Å²) in [6.45, 7) is 1.42. The fourth-order valence-electron chi connectivity index (χ4n) is 3.65. The van der Waals surface area contributed by atoms with Crippen molar-refractivity contribution in [3.63, 3.8) is 0 Å². The zero-order valence-electron chi connectivity index (χ0n) is 16.4. The molecule has 1 saturated heterocycles. The van der Waals surface area contributed by atoms with Crippen molar-refractivity contribution in [3.8, 4) is 5.75 Å². The van der Waals surface area contributed by atoms with Gasteiger partial charge in [-0.3, -0.25) is 19.3 Å². The van der Waals surface area contributed by atoms with Crippen LogP contribution in [0.15, 0.2) is 42.5 Å². The largest absolute Gasteiger partial charge is 0.482 e. The topological polar surface area (TPSA) is 79.0 Å². The first-order chi connectivity index (χ1) is 14.5. The Morgan fingerprint density at radius 2 is 1.87 bits per heavy atom. The molecule has 0 spiro atoms. The smallest absolute Gasteiger partial charge is 0.265 e. The van der Waals surface area contributed by atoms with Gasteiger partial charge in [-0.15, -0.1) is 0 Å². The summed E-state index contributed by atoms with van der Waals surface area (Å²) in [5.41, 5.74) is 1.71. The van der Waals surface area contributed by atoms with E-state index in [0.717, 1.165) is 31.5 Å². The predicted molar refractivity (Wildman–Crippen MR) is 113 cm³/mol. The Morgan fingerprint density at radius 1 is 1.10 bits per heavy atom. The lowest BCUT2D eigenvalue weighted by Crippen LogP contribution is -2.45. The summed E-state index contributed by atoms with van der Waals surface area (Å²) >= 11 is 6.12. The molecule has 7 nitrogen and oxygen atoms in total. The number of anilines is 1. The number of hydrogen-bond donors (Lipinski definition) is 1. The van der Waals surface area contributed by atoms with Gasteiger partial charge in [-0.1, -0.05) is 29.8 Å². The van der Waals surface area contributed by atoms with Crippen LogP contribution in [0.2, 0.25) is 5.02 Å². The van der Waals surface area contributed by atoms with E-state index in [1.807, 2.05) is 18.2 Å². The third kappa shape index (κ3) is 4.26. The number of fused-ring (bicyclic) bond motifs is 1. The van der Waals surface area contributed by atoms with E-state index in [1.165, 1.54) is 4.90 Å². The number of hydrogen-bond acceptors (Lipinski definition) is 4. The molecule has 1 N–H and O–H groups in total. The first kappa shape index (κ1) is 20.2. The number of halogens is 1. The molecular formula is C22H22ClN3O4. The molecule has 0 unspecified atom stereocenters. The van der Waals surface area contributed by atoms with Gasteiger partial charge in [0.25, 0.3) is 11.8 Å². The van der Waals surface area contributed by atoms with E-state index >= 15 is 0 Å². The van der Waals surface area contributed by atoms with Crippen LogP contribution in [-0.2, 0) is 16.1 Å². The van der Waals surface area contributed by atoms with Crippen molar-refractivity contribution in [1.29, 1.82) is 0 Å². The average molecular weight is 428 g/mol. The van der Waals surface area contributed by atoms with E-state index in [0.29, 0.717) is 22.0 Å². The molecular weight excluding hydrogens is 406 g/mol. The lowest BCUT2D eigenvalue weighted by Gasteiger charge is -2.29. The van der Waals surface area contributed by atoms with Crippen LogP contribution >= 0.6 is 11.6 Å². The highest BCUT2D eigenvalue weighted by atomic mass is 35.5. The minimum atomic E-state index is -0.332. The van der Waals surface area contributed by atoms with Crippen molar-refractivity contribution in [2.75, 3.05) is 31.1 Å². The summed E-state index contributed by atoms with van der Waals surface area (Å²) in [5.74, 6) is -0.253. The van der Waals surface area contributed by atoms with E-state index in [4.69, 9.17) is 16.3 Å². The molecule has 0 saturated carbocycles. The Balaban J connectivity index is 1.49. The Morgan fingerprint density at radius 3 is 2.63 bits per heavy atom. The summed E-state index contributed by atoms with van der Waals surface area (Å²) in [6.07, 6.45) is 1.99. The van der Waals surface area contributed by atoms with Gasteiger partial charge < -0.3 is 15.0 Å². The Hall–Kier alpha value is -3.06. The number of nitrogens with one attached hydrogen (secondary N) is 1. The van der Waals surface area contributed by atoms with Gasteiger partial charge in [-0.05, 0) is 42.7 Å². The molecule has 2 aromatic carbocycles. The minimum Gasteiger partial charge on any atom is -0.482 e. The average Bonchev–Trinajstić information content (AvgIpc) is 3.29. The molecule has 2 heterocycles.